The molecule has 0 saturated carbocycles. The van der Waals surface area contributed by atoms with Crippen LogP contribution in [0, 0.1) is 0 Å². The maximum atomic E-state index is 12.6. The summed E-state index contributed by atoms with van der Waals surface area (Å²) in [4.78, 5) is 27.6. The lowest BCUT2D eigenvalue weighted by molar-refractivity contribution is 0.0565. The first-order valence-corrected chi connectivity index (χ1v) is 10.00. The first kappa shape index (κ1) is 20.6. The van der Waals surface area contributed by atoms with Crippen LogP contribution in [0.1, 0.15) is 29.4 Å². The lowest BCUT2D eigenvalue weighted by atomic mass is 10.1. The van der Waals surface area contributed by atoms with Crippen molar-refractivity contribution in [2.24, 2.45) is 0 Å². The fourth-order valence-electron chi connectivity index (χ4n) is 3.16. The van der Waals surface area contributed by atoms with Crippen LogP contribution in [-0.4, -0.2) is 71.3 Å². The standard InChI is InChI=1S/C21H27N5O3/c1-2-29-21(28)26-15-13-25(14-16-26)20(27)18-10-11-19(24-23-18)22-12-6-9-17-7-4-3-5-8-17/h3-5,7-8,10-11H,2,6,9,12-16H2,1H3,(H,22,24). The maximum Gasteiger partial charge on any atom is 0.409 e. The summed E-state index contributed by atoms with van der Waals surface area (Å²) in [6, 6.07) is 13.8. The van der Waals surface area contributed by atoms with Gasteiger partial charge in [-0.2, -0.15) is 0 Å². The maximum absolute atomic E-state index is 12.6. The van der Waals surface area contributed by atoms with E-state index in [1.54, 1.807) is 28.9 Å². The van der Waals surface area contributed by atoms with Crippen LogP contribution >= 0.6 is 0 Å². The number of amides is 2. The molecule has 0 bridgehead atoms. The molecular weight excluding hydrogens is 370 g/mol. The second-order valence-electron chi connectivity index (χ2n) is 6.80. The molecule has 0 spiro atoms. The number of piperazine rings is 1. The van der Waals surface area contributed by atoms with Gasteiger partial charge in [0.05, 0.1) is 6.61 Å². The molecule has 1 aliphatic heterocycles. The summed E-state index contributed by atoms with van der Waals surface area (Å²) in [5.74, 6) is 0.485. The van der Waals surface area contributed by atoms with Crippen LogP contribution in [-0.2, 0) is 11.2 Å². The normalized spacial score (nSPS) is 13.8. The van der Waals surface area contributed by atoms with Crippen LogP contribution in [0.15, 0.2) is 42.5 Å². The van der Waals surface area contributed by atoms with Crippen LogP contribution in [0.3, 0.4) is 0 Å². The summed E-state index contributed by atoms with van der Waals surface area (Å²) in [7, 11) is 0. The van der Waals surface area contributed by atoms with Crippen LogP contribution in [0.2, 0.25) is 0 Å². The Hall–Kier alpha value is -3.16. The fourth-order valence-corrected chi connectivity index (χ4v) is 3.16. The van der Waals surface area contributed by atoms with Crippen molar-refractivity contribution in [3.05, 3.63) is 53.7 Å². The number of nitrogens with zero attached hydrogens (tertiary/aromatic N) is 4. The first-order valence-electron chi connectivity index (χ1n) is 10.00. The van der Waals surface area contributed by atoms with Crippen molar-refractivity contribution in [2.45, 2.75) is 19.8 Å². The van der Waals surface area contributed by atoms with Crippen molar-refractivity contribution >= 4 is 17.8 Å². The highest BCUT2D eigenvalue weighted by molar-refractivity contribution is 5.92. The molecule has 1 saturated heterocycles. The van der Waals surface area contributed by atoms with Gasteiger partial charge in [-0.15, -0.1) is 10.2 Å². The van der Waals surface area contributed by atoms with Gasteiger partial charge in [-0.05, 0) is 37.5 Å². The van der Waals surface area contributed by atoms with E-state index in [0.717, 1.165) is 19.4 Å². The van der Waals surface area contributed by atoms with Gasteiger partial charge >= 0.3 is 6.09 Å². The number of nitrogens with one attached hydrogen (secondary N) is 1. The fraction of sp³-hybridized carbons (Fsp3) is 0.429. The molecule has 1 fully saturated rings. The number of anilines is 1. The minimum absolute atomic E-state index is 0.170. The SMILES string of the molecule is CCOC(=O)N1CCN(C(=O)c2ccc(NCCCc3ccccc3)nn2)CC1. The summed E-state index contributed by atoms with van der Waals surface area (Å²) in [6.45, 7) is 4.74. The van der Waals surface area contributed by atoms with Crippen LogP contribution in [0.5, 0.6) is 0 Å². The molecule has 1 aliphatic rings. The van der Waals surface area contributed by atoms with Crippen molar-refractivity contribution < 1.29 is 14.3 Å². The van der Waals surface area contributed by atoms with Crippen LogP contribution in [0.25, 0.3) is 0 Å². The summed E-state index contributed by atoms with van der Waals surface area (Å²) < 4.78 is 4.99. The highest BCUT2D eigenvalue weighted by Gasteiger charge is 2.26. The number of benzene rings is 1. The lowest BCUT2D eigenvalue weighted by Gasteiger charge is -2.33. The molecule has 1 aromatic heterocycles. The summed E-state index contributed by atoms with van der Waals surface area (Å²) >= 11 is 0. The topological polar surface area (TPSA) is 87.7 Å². The molecule has 0 aliphatic carbocycles. The Morgan fingerprint density at radius 3 is 2.38 bits per heavy atom. The van der Waals surface area contributed by atoms with E-state index < -0.39 is 0 Å². The molecule has 8 nitrogen and oxygen atoms in total. The molecule has 154 valence electrons. The van der Waals surface area contributed by atoms with Crippen molar-refractivity contribution in [2.75, 3.05) is 44.6 Å². The number of aryl methyl sites for hydroxylation is 1. The molecule has 29 heavy (non-hydrogen) atoms. The molecular formula is C21H27N5O3. The molecule has 1 N–H and O–H groups in total. The van der Waals surface area contributed by atoms with Gasteiger partial charge in [0.1, 0.15) is 5.82 Å². The Bertz CT molecular complexity index is 790. The predicted octanol–water partition coefficient (Wildman–Crippen LogP) is 2.44. The average molecular weight is 397 g/mol. The Balaban J connectivity index is 1.42. The monoisotopic (exact) mass is 397 g/mol. The number of hydrogen-bond donors (Lipinski definition) is 1. The highest BCUT2D eigenvalue weighted by Crippen LogP contribution is 2.10. The van der Waals surface area contributed by atoms with Gasteiger partial charge < -0.3 is 19.9 Å². The van der Waals surface area contributed by atoms with E-state index in [4.69, 9.17) is 4.74 Å². The quantitative estimate of drug-likeness (QED) is 0.722. The van der Waals surface area contributed by atoms with Crippen molar-refractivity contribution in [3.63, 3.8) is 0 Å². The van der Waals surface area contributed by atoms with E-state index in [0.29, 0.717) is 44.3 Å². The largest absolute Gasteiger partial charge is 0.450 e. The lowest BCUT2D eigenvalue weighted by Crippen LogP contribution is -2.50. The number of aromatic nitrogens is 2. The van der Waals surface area contributed by atoms with E-state index in [2.05, 4.69) is 27.6 Å². The third-order valence-electron chi connectivity index (χ3n) is 4.77. The number of rotatable bonds is 7. The van der Waals surface area contributed by atoms with Crippen molar-refractivity contribution in [1.82, 2.24) is 20.0 Å². The van der Waals surface area contributed by atoms with E-state index >= 15 is 0 Å². The predicted molar refractivity (Wildman–Crippen MR) is 110 cm³/mol. The number of carbonyl (C=O) groups excluding carboxylic acids is 2. The zero-order chi connectivity index (χ0) is 20.5. The summed E-state index contributed by atoms with van der Waals surface area (Å²) in [5, 5.41) is 11.4. The first-order chi connectivity index (χ1) is 14.2. The van der Waals surface area contributed by atoms with Gasteiger partial charge in [-0.1, -0.05) is 30.3 Å². The Labute approximate surface area is 170 Å². The molecule has 8 heteroatoms. The van der Waals surface area contributed by atoms with Gasteiger partial charge in [0.2, 0.25) is 0 Å². The second kappa shape index (κ2) is 10.4. The van der Waals surface area contributed by atoms with Crippen LogP contribution < -0.4 is 5.32 Å². The molecule has 0 atom stereocenters. The minimum Gasteiger partial charge on any atom is -0.450 e. The number of carbonyl (C=O) groups is 2. The molecule has 0 radical (unpaired) electrons. The van der Waals surface area contributed by atoms with E-state index in [1.165, 1.54) is 5.56 Å². The second-order valence-corrected chi connectivity index (χ2v) is 6.80. The molecule has 3 rings (SSSR count). The zero-order valence-electron chi connectivity index (χ0n) is 16.7. The highest BCUT2D eigenvalue weighted by atomic mass is 16.6. The van der Waals surface area contributed by atoms with Gasteiger partial charge in [-0.3, -0.25) is 4.79 Å². The third kappa shape index (κ3) is 5.91. The number of hydrogen-bond acceptors (Lipinski definition) is 6. The van der Waals surface area contributed by atoms with E-state index in [9.17, 15) is 9.59 Å². The van der Waals surface area contributed by atoms with E-state index in [1.807, 2.05) is 18.2 Å². The van der Waals surface area contributed by atoms with Crippen molar-refractivity contribution in [3.8, 4) is 0 Å². The van der Waals surface area contributed by atoms with Crippen molar-refractivity contribution in [1.29, 1.82) is 0 Å². The Kier molecular flexibility index (Phi) is 7.38. The third-order valence-corrected chi connectivity index (χ3v) is 4.77. The molecule has 1 aromatic carbocycles. The van der Waals surface area contributed by atoms with Gasteiger partial charge in [0.25, 0.3) is 5.91 Å². The molecule has 0 unspecified atom stereocenters. The molecule has 2 aromatic rings. The van der Waals surface area contributed by atoms with Gasteiger partial charge in [0, 0.05) is 32.7 Å². The average Bonchev–Trinajstić information content (AvgIpc) is 2.78. The van der Waals surface area contributed by atoms with Gasteiger partial charge in [0.15, 0.2) is 5.69 Å². The smallest absolute Gasteiger partial charge is 0.409 e. The molecule has 2 heterocycles. The summed E-state index contributed by atoms with van der Waals surface area (Å²) in [5.41, 5.74) is 1.62. The Morgan fingerprint density at radius 1 is 1.00 bits per heavy atom. The molecule has 2 amide bonds. The Morgan fingerprint density at radius 2 is 1.72 bits per heavy atom. The van der Waals surface area contributed by atoms with E-state index in [-0.39, 0.29) is 12.0 Å². The number of ether oxygens (including phenoxy) is 1. The minimum atomic E-state index is -0.331. The summed E-state index contributed by atoms with van der Waals surface area (Å²) in [6.07, 6.45) is 1.65. The van der Waals surface area contributed by atoms with Crippen LogP contribution in [0.4, 0.5) is 10.6 Å². The zero-order valence-corrected chi connectivity index (χ0v) is 16.7. The van der Waals surface area contributed by atoms with Gasteiger partial charge in [-0.25, -0.2) is 4.79 Å².